The Kier molecular flexibility index (Phi) is 3.83. The molecule has 0 amide bonds. The molecule has 2 heterocycles. The fourth-order valence-electron chi connectivity index (χ4n) is 4.05. The Balaban J connectivity index is 1.94. The molecule has 0 aliphatic heterocycles. The van der Waals surface area contributed by atoms with Crippen molar-refractivity contribution in [1.82, 2.24) is 9.55 Å². The molecule has 0 saturated heterocycles. The summed E-state index contributed by atoms with van der Waals surface area (Å²) < 4.78 is 8.49. The third kappa shape index (κ3) is 2.47. The SMILES string of the molecule is Cc1cc(C(C)C)c(-n2ccnc2-c2ccccc2)c2c1oc1ccccc12. The van der Waals surface area contributed by atoms with Crippen molar-refractivity contribution in [2.24, 2.45) is 0 Å². The Morgan fingerprint density at radius 3 is 2.50 bits per heavy atom. The van der Waals surface area contributed by atoms with Gasteiger partial charge in [0, 0.05) is 23.3 Å². The van der Waals surface area contributed by atoms with Crippen molar-refractivity contribution in [3.63, 3.8) is 0 Å². The highest BCUT2D eigenvalue weighted by Gasteiger charge is 2.22. The van der Waals surface area contributed by atoms with E-state index in [1.165, 1.54) is 11.1 Å². The van der Waals surface area contributed by atoms with Gasteiger partial charge >= 0.3 is 0 Å². The van der Waals surface area contributed by atoms with Crippen LogP contribution in [0.25, 0.3) is 39.0 Å². The van der Waals surface area contributed by atoms with E-state index in [1.54, 1.807) is 0 Å². The number of para-hydroxylation sites is 1. The summed E-state index contributed by atoms with van der Waals surface area (Å²) in [4.78, 5) is 4.69. The van der Waals surface area contributed by atoms with E-state index in [-0.39, 0.29) is 0 Å². The van der Waals surface area contributed by atoms with E-state index in [4.69, 9.17) is 4.42 Å². The van der Waals surface area contributed by atoms with Gasteiger partial charge in [0.2, 0.25) is 0 Å². The molecule has 0 N–H and O–H groups in total. The number of benzene rings is 3. The third-order valence-corrected chi connectivity index (χ3v) is 5.37. The number of aryl methyl sites for hydroxylation is 1. The summed E-state index contributed by atoms with van der Waals surface area (Å²) in [5, 5.41) is 2.31. The minimum Gasteiger partial charge on any atom is -0.456 e. The van der Waals surface area contributed by atoms with Gasteiger partial charge in [-0.1, -0.05) is 62.4 Å². The third-order valence-electron chi connectivity index (χ3n) is 5.37. The van der Waals surface area contributed by atoms with Crippen LogP contribution in [-0.2, 0) is 0 Å². The molecule has 0 aliphatic carbocycles. The first kappa shape index (κ1) is 16.8. The van der Waals surface area contributed by atoms with Gasteiger partial charge < -0.3 is 4.42 Å². The zero-order chi connectivity index (χ0) is 19.3. The van der Waals surface area contributed by atoms with Crippen molar-refractivity contribution in [2.45, 2.75) is 26.7 Å². The van der Waals surface area contributed by atoms with Crippen molar-refractivity contribution in [2.75, 3.05) is 0 Å². The summed E-state index contributed by atoms with van der Waals surface area (Å²) in [5.41, 5.74) is 6.60. The van der Waals surface area contributed by atoms with Crippen molar-refractivity contribution in [3.8, 4) is 17.1 Å². The molecule has 138 valence electrons. The summed E-state index contributed by atoms with van der Waals surface area (Å²) in [6, 6.07) is 20.9. The standard InChI is InChI=1S/C25H22N2O/c1-16(2)20-15-17(3)24-22(19-11-7-8-12-21(19)28-24)23(20)27-14-13-26-25(27)18-9-5-4-6-10-18/h4-16H,1-3H3. The van der Waals surface area contributed by atoms with Crippen molar-refractivity contribution in [1.29, 1.82) is 0 Å². The lowest BCUT2D eigenvalue weighted by Crippen LogP contribution is -2.04. The first-order valence-corrected chi connectivity index (χ1v) is 9.69. The molecule has 0 aliphatic rings. The lowest BCUT2D eigenvalue weighted by molar-refractivity contribution is 0.665. The monoisotopic (exact) mass is 366 g/mol. The lowest BCUT2D eigenvalue weighted by Gasteiger charge is -2.18. The van der Waals surface area contributed by atoms with Gasteiger partial charge in [0.15, 0.2) is 0 Å². The second-order valence-corrected chi connectivity index (χ2v) is 7.58. The second-order valence-electron chi connectivity index (χ2n) is 7.58. The molecule has 5 aromatic rings. The van der Waals surface area contributed by atoms with Crippen LogP contribution in [0.4, 0.5) is 0 Å². The highest BCUT2D eigenvalue weighted by molar-refractivity contribution is 6.11. The van der Waals surface area contributed by atoms with E-state index < -0.39 is 0 Å². The predicted molar refractivity (Wildman–Crippen MR) is 115 cm³/mol. The fourth-order valence-corrected chi connectivity index (χ4v) is 4.05. The smallest absolute Gasteiger partial charge is 0.144 e. The average Bonchev–Trinajstić information content (AvgIpc) is 3.34. The van der Waals surface area contributed by atoms with Crippen molar-refractivity contribution in [3.05, 3.63) is 84.2 Å². The van der Waals surface area contributed by atoms with Crippen LogP contribution in [0.1, 0.15) is 30.9 Å². The van der Waals surface area contributed by atoms with Gasteiger partial charge in [0.05, 0.1) is 11.1 Å². The molecular formula is C25H22N2O. The summed E-state index contributed by atoms with van der Waals surface area (Å²) >= 11 is 0. The first-order valence-electron chi connectivity index (χ1n) is 9.69. The van der Waals surface area contributed by atoms with Gasteiger partial charge in [-0.2, -0.15) is 0 Å². The first-order chi connectivity index (χ1) is 13.6. The van der Waals surface area contributed by atoms with Gasteiger partial charge in [-0.25, -0.2) is 4.98 Å². The zero-order valence-corrected chi connectivity index (χ0v) is 16.3. The summed E-state index contributed by atoms with van der Waals surface area (Å²) in [6.07, 6.45) is 3.93. The second kappa shape index (κ2) is 6.38. The van der Waals surface area contributed by atoms with Gasteiger partial charge in [0.25, 0.3) is 0 Å². The minimum absolute atomic E-state index is 0.373. The van der Waals surface area contributed by atoms with E-state index >= 15 is 0 Å². The van der Waals surface area contributed by atoms with Gasteiger partial charge in [0.1, 0.15) is 17.0 Å². The number of imidazole rings is 1. The van der Waals surface area contributed by atoms with Crippen molar-refractivity contribution < 1.29 is 4.42 Å². The molecule has 0 spiro atoms. The van der Waals surface area contributed by atoms with E-state index in [2.05, 4.69) is 79.0 Å². The molecule has 3 aromatic carbocycles. The zero-order valence-electron chi connectivity index (χ0n) is 16.3. The van der Waals surface area contributed by atoms with E-state index in [1.807, 2.05) is 24.4 Å². The normalized spacial score (nSPS) is 11.7. The quantitative estimate of drug-likeness (QED) is 0.349. The number of hydrogen-bond donors (Lipinski definition) is 0. The Morgan fingerprint density at radius 1 is 0.964 bits per heavy atom. The number of nitrogens with zero attached hydrogens (tertiary/aromatic N) is 2. The number of aromatic nitrogens is 2. The van der Waals surface area contributed by atoms with Crippen LogP contribution >= 0.6 is 0 Å². The van der Waals surface area contributed by atoms with Crippen LogP contribution in [0.2, 0.25) is 0 Å². The molecule has 0 fully saturated rings. The Morgan fingerprint density at radius 2 is 1.71 bits per heavy atom. The van der Waals surface area contributed by atoms with Crippen LogP contribution in [0.3, 0.4) is 0 Å². The van der Waals surface area contributed by atoms with E-state index in [0.717, 1.165) is 39.0 Å². The summed E-state index contributed by atoms with van der Waals surface area (Å²) in [7, 11) is 0. The molecular weight excluding hydrogens is 344 g/mol. The van der Waals surface area contributed by atoms with Gasteiger partial charge in [-0.15, -0.1) is 0 Å². The van der Waals surface area contributed by atoms with Crippen LogP contribution in [0.15, 0.2) is 77.5 Å². The van der Waals surface area contributed by atoms with Crippen molar-refractivity contribution >= 4 is 21.9 Å². The van der Waals surface area contributed by atoms with E-state index in [9.17, 15) is 0 Å². The van der Waals surface area contributed by atoms with Crippen LogP contribution in [0, 0.1) is 6.92 Å². The fraction of sp³-hybridized carbons (Fsp3) is 0.160. The highest BCUT2D eigenvalue weighted by Crippen LogP contribution is 2.40. The number of hydrogen-bond acceptors (Lipinski definition) is 2. The maximum absolute atomic E-state index is 6.27. The molecule has 0 saturated carbocycles. The lowest BCUT2D eigenvalue weighted by atomic mass is 9.94. The van der Waals surface area contributed by atoms with Crippen LogP contribution < -0.4 is 0 Å². The average molecular weight is 366 g/mol. The number of fused-ring (bicyclic) bond motifs is 3. The molecule has 0 atom stereocenters. The molecule has 0 bridgehead atoms. The number of furan rings is 1. The maximum atomic E-state index is 6.27. The van der Waals surface area contributed by atoms with Gasteiger partial charge in [-0.3, -0.25) is 4.57 Å². The molecule has 0 radical (unpaired) electrons. The molecule has 28 heavy (non-hydrogen) atoms. The highest BCUT2D eigenvalue weighted by atomic mass is 16.3. The molecule has 5 rings (SSSR count). The summed E-state index contributed by atoms with van der Waals surface area (Å²) in [5.74, 6) is 1.32. The van der Waals surface area contributed by atoms with Gasteiger partial charge in [-0.05, 0) is 36.1 Å². The largest absolute Gasteiger partial charge is 0.456 e. The molecule has 3 nitrogen and oxygen atoms in total. The van der Waals surface area contributed by atoms with Crippen LogP contribution in [0.5, 0.6) is 0 Å². The Labute approximate surface area is 164 Å². The maximum Gasteiger partial charge on any atom is 0.144 e. The molecule has 2 aromatic heterocycles. The van der Waals surface area contributed by atoms with E-state index in [0.29, 0.717) is 5.92 Å². The Bertz CT molecular complexity index is 1290. The predicted octanol–water partition coefficient (Wildman–Crippen LogP) is 6.87. The topological polar surface area (TPSA) is 31.0 Å². The Hall–Kier alpha value is -3.33. The van der Waals surface area contributed by atoms with Crippen LogP contribution in [-0.4, -0.2) is 9.55 Å². The minimum atomic E-state index is 0.373. The summed E-state index contributed by atoms with van der Waals surface area (Å²) in [6.45, 7) is 6.61. The molecule has 3 heteroatoms. The number of rotatable bonds is 3. The molecule has 0 unspecified atom stereocenters.